The molecule has 0 fully saturated rings. The predicted molar refractivity (Wildman–Crippen MR) is 70.1 cm³/mol. The van der Waals surface area contributed by atoms with Crippen molar-refractivity contribution in [3.8, 4) is 0 Å². The molecule has 0 radical (unpaired) electrons. The van der Waals surface area contributed by atoms with Crippen LogP contribution < -0.4 is 5.32 Å². The second kappa shape index (κ2) is 7.37. The second-order valence-electron chi connectivity index (χ2n) is 4.00. The summed E-state index contributed by atoms with van der Waals surface area (Å²) in [5, 5.41) is 6.78. The van der Waals surface area contributed by atoms with Gasteiger partial charge in [-0.3, -0.25) is 4.79 Å². The topological polar surface area (TPSA) is 55.1 Å². The summed E-state index contributed by atoms with van der Waals surface area (Å²) in [4.78, 5) is 11.4. The zero-order valence-electron chi connectivity index (χ0n) is 10.7. The van der Waals surface area contributed by atoms with Crippen molar-refractivity contribution in [2.45, 2.75) is 39.4 Å². The van der Waals surface area contributed by atoms with Crippen LogP contribution >= 0.6 is 11.8 Å². The Balaban J connectivity index is 2.21. The minimum absolute atomic E-state index is 0.107. The summed E-state index contributed by atoms with van der Waals surface area (Å²) in [6.45, 7) is 6.71. The van der Waals surface area contributed by atoms with Crippen molar-refractivity contribution in [1.29, 1.82) is 0 Å². The minimum atomic E-state index is 0.107. The van der Waals surface area contributed by atoms with Crippen molar-refractivity contribution in [1.82, 2.24) is 10.5 Å². The van der Waals surface area contributed by atoms with Crippen molar-refractivity contribution >= 4 is 17.7 Å². The lowest BCUT2D eigenvalue weighted by molar-refractivity contribution is -0.118. The van der Waals surface area contributed by atoms with Crippen molar-refractivity contribution in [2.24, 2.45) is 0 Å². The van der Waals surface area contributed by atoms with Gasteiger partial charge < -0.3 is 9.84 Å². The van der Waals surface area contributed by atoms with E-state index in [9.17, 15) is 4.79 Å². The van der Waals surface area contributed by atoms with Crippen molar-refractivity contribution in [3.63, 3.8) is 0 Å². The summed E-state index contributed by atoms with van der Waals surface area (Å²) in [7, 11) is 0. The first-order valence-electron chi connectivity index (χ1n) is 5.91. The van der Waals surface area contributed by atoms with Gasteiger partial charge in [-0.2, -0.15) is 0 Å². The van der Waals surface area contributed by atoms with Crippen LogP contribution in [0.3, 0.4) is 0 Å². The SMILES string of the molecule is CCCCNC(=O)CSCc1c(C)noc1C. The Labute approximate surface area is 107 Å². The molecule has 0 saturated carbocycles. The normalized spacial score (nSPS) is 10.5. The summed E-state index contributed by atoms with van der Waals surface area (Å²) in [5.74, 6) is 2.23. The number of thioether (sulfide) groups is 1. The van der Waals surface area contributed by atoms with Crippen LogP contribution in [0.1, 0.15) is 36.8 Å². The molecule has 17 heavy (non-hydrogen) atoms. The number of nitrogens with zero attached hydrogens (tertiary/aromatic N) is 1. The van der Waals surface area contributed by atoms with Crippen LogP contribution in [0.5, 0.6) is 0 Å². The van der Waals surface area contributed by atoms with E-state index in [1.807, 2.05) is 13.8 Å². The molecule has 0 unspecified atom stereocenters. The molecule has 0 spiro atoms. The molecule has 1 aromatic rings. The number of unbranched alkanes of at least 4 members (excludes halogenated alkanes) is 1. The third kappa shape index (κ3) is 4.81. The maximum Gasteiger partial charge on any atom is 0.230 e. The molecule has 96 valence electrons. The molecule has 0 bridgehead atoms. The van der Waals surface area contributed by atoms with Gasteiger partial charge in [-0.15, -0.1) is 11.8 Å². The largest absolute Gasteiger partial charge is 0.361 e. The summed E-state index contributed by atoms with van der Waals surface area (Å²) in [6.07, 6.45) is 2.15. The van der Waals surface area contributed by atoms with Gasteiger partial charge >= 0.3 is 0 Å². The Morgan fingerprint density at radius 2 is 2.24 bits per heavy atom. The first kappa shape index (κ1) is 14.1. The number of hydrogen-bond donors (Lipinski definition) is 1. The molecule has 1 rings (SSSR count). The van der Waals surface area contributed by atoms with Crippen LogP contribution in [0, 0.1) is 13.8 Å². The molecule has 1 N–H and O–H groups in total. The maximum absolute atomic E-state index is 11.4. The van der Waals surface area contributed by atoms with Crippen molar-refractivity contribution in [3.05, 3.63) is 17.0 Å². The molecule has 0 saturated heterocycles. The molecular formula is C12H20N2O2S. The molecule has 0 aliphatic carbocycles. The number of aromatic nitrogens is 1. The fourth-order valence-corrected chi connectivity index (χ4v) is 2.42. The van der Waals surface area contributed by atoms with Gasteiger partial charge in [0.25, 0.3) is 0 Å². The van der Waals surface area contributed by atoms with Crippen LogP contribution in [0.25, 0.3) is 0 Å². The molecule has 5 heteroatoms. The fraction of sp³-hybridized carbons (Fsp3) is 0.667. The van der Waals surface area contributed by atoms with E-state index in [2.05, 4.69) is 17.4 Å². The van der Waals surface area contributed by atoms with Gasteiger partial charge in [0.1, 0.15) is 5.76 Å². The maximum atomic E-state index is 11.4. The Morgan fingerprint density at radius 3 is 2.82 bits per heavy atom. The molecule has 1 heterocycles. The molecule has 1 aromatic heterocycles. The van der Waals surface area contributed by atoms with E-state index < -0.39 is 0 Å². The van der Waals surface area contributed by atoms with Crippen LogP contribution in [0.2, 0.25) is 0 Å². The third-order valence-electron chi connectivity index (χ3n) is 2.51. The number of hydrogen-bond acceptors (Lipinski definition) is 4. The lowest BCUT2D eigenvalue weighted by Gasteiger charge is -2.03. The zero-order chi connectivity index (χ0) is 12.7. The van der Waals surface area contributed by atoms with E-state index in [0.29, 0.717) is 5.75 Å². The van der Waals surface area contributed by atoms with Gasteiger partial charge in [0.05, 0.1) is 11.4 Å². The van der Waals surface area contributed by atoms with E-state index in [1.165, 1.54) is 0 Å². The first-order chi connectivity index (χ1) is 8.15. The average molecular weight is 256 g/mol. The monoisotopic (exact) mass is 256 g/mol. The van der Waals surface area contributed by atoms with Gasteiger partial charge in [-0.25, -0.2) is 0 Å². The third-order valence-corrected chi connectivity index (χ3v) is 3.47. The molecule has 4 nitrogen and oxygen atoms in total. The van der Waals surface area contributed by atoms with Gasteiger partial charge in [0.2, 0.25) is 5.91 Å². The van der Waals surface area contributed by atoms with Crippen molar-refractivity contribution in [2.75, 3.05) is 12.3 Å². The van der Waals surface area contributed by atoms with Gasteiger partial charge in [0, 0.05) is 17.9 Å². The van der Waals surface area contributed by atoms with Gasteiger partial charge in [0.15, 0.2) is 0 Å². The van der Waals surface area contributed by atoms with E-state index in [-0.39, 0.29) is 5.91 Å². The molecular weight excluding hydrogens is 236 g/mol. The Bertz CT molecular complexity index is 344. The Hall–Kier alpha value is -0.970. The number of carbonyl (C=O) groups excluding carboxylic acids is 1. The predicted octanol–water partition coefficient (Wildman–Crippen LogP) is 2.44. The highest BCUT2D eigenvalue weighted by Crippen LogP contribution is 2.19. The van der Waals surface area contributed by atoms with E-state index in [0.717, 1.165) is 42.2 Å². The zero-order valence-corrected chi connectivity index (χ0v) is 11.5. The molecule has 0 aliphatic heterocycles. The first-order valence-corrected chi connectivity index (χ1v) is 7.06. The summed E-state index contributed by atoms with van der Waals surface area (Å²) in [6, 6.07) is 0. The van der Waals surface area contributed by atoms with Crippen LogP contribution in [0.15, 0.2) is 4.52 Å². The second-order valence-corrected chi connectivity index (χ2v) is 4.98. The summed E-state index contributed by atoms with van der Waals surface area (Å²) in [5.41, 5.74) is 2.03. The number of nitrogens with one attached hydrogen (secondary N) is 1. The van der Waals surface area contributed by atoms with Gasteiger partial charge in [-0.05, 0) is 20.3 Å². The molecule has 0 atom stereocenters. The van der Waals surface area contributed by atoms with E-state index in [1.54, 1.807) is 11.8 Å². The standard InChI is InChI=1S/C12H20N2O2S/c1-4-5-6-13-12(15)8-17-7-11-9(2)14-16-10(11)3/h4-8H2,1-3H3,(H,13,15). The quantitative estimate of drug-likeness (QED) is 0.761. The smallest absolute Gasteiger partial charge is 0.230 e. The van der Waals surface area contributed by atoms with Crippen LogP contribution in [-0.4, -0.2) is 23.4 Å². The number of rotatable bonds is 7. The van der Waals surface area contributed by atoms with Crippen molar-refractivity contribution < 1.29 is 9.32 Å². The van der Waals surface area contributed by atoms with Crippen LogP contribution in [0.4, 0.5) is 0 Å². The Morgan fingerprint density at radius 1 is 1.47 bits per heavy atom. The summed E-state index contributed by atoms with van der Waals surface area (Å²) < 4.78 is 5.07. The number of carbonyl (C=O) groups is 1. The fourth-order valence-electron chi connectivity index (χ4n) is 1.41. The Kier molecular flexibility index (Phi) is 6.11. The minimum Gasteiger partial charge on any atom is -0.361 e. The van der Waals surface area contributed by atoms with E-state index >= 15 is 0 Å². The highest BCUT2D eigenvalue weighted by molar-refractivity contribution is 7.99. The molecule has 0 aliphatic rings. The number of aryl methyl sites for hydroxylation is 2. The summed E-state index contributed by atoms with van der Waals surface area (Å²) >= 11 is 1.59. The lowest BCUT2D eigenvalue weighted by atomic mass is 10.2. The molecule has 1 amide bonds. The highest BCUT2D eigenvalue weighted by Gasteiger charge is 2.09. The average Bonchev–Trinajstić information content (AvgIpc) is 2.61. The lowest BCUT2D eigenvalue weighted by Crippen LogP contribution is -2.26. The highest BCUT2D eigenvalue weighted by atomic mass is 32.2. The van der Waals surface area contributed by atoms with E-state index in [4.69, 9.17) is 4.52 Å². The van der Waals surface area contributed by atoms with Gasteiger partial charge in [-0.1, -0.05) is 18.5 Å². The molecule has 0 aromatic carbocycles. The number of amides is 1. The van der Waals surface area contributed by atoms with Crippen LogP contribution in [-0.2, 0) is 10.5 Å².